The maximum absolute atomic E-state index is 12.0. The van der Waals surface area contributed by atoms with Gasteiger partial charge < -0.3 is 5.32 Å². The van der Waals surface area contributed by atoms with Gasteiger partial charge in [-0.15, -0.1) is 0 Å². The third kappa shape index (κ3) is 1.77. The SMILES string of the molecule is C=C1CCC(C(F)F)NC1. The van der Waals surface area contributed by atoms with Crippen molar-refractivity contribution >= 4 is 0 Å². The van der Waals surface area contributed by atoms with Crippen molar-refractivity contribution in [1.29, 1.82) is 0 Å². The number of halogens is 2. The van der Waals surface area contributed by atoms with E-state index in [0.717, 1.165) is 12.0 Å². The van der Waals surface area contributed by atoms with Crippen LogP contribution in [0.5, 0.6) is 0 Å². The summed E-state index contributed by atoms with van der Waals surface area (Å²) >= 11 is 0. The Labute approximate surface area is 59.1 Å². The van der Waals surface area contributed by atoms with Crippen molar-refractivity contribution in [2.24, 2.45) is 0 Å². The first-order valence-corrected chi connectivity index (χ1v) is 3.38. The molecule has 1 nitrogen and oxygen atoms in total. The largest absolute Gasteiger partial charge is 0.305 e. The summed E-state index contributed by atoms with van der Waals surface area (Å²) in [7, 11) is 0. The van der Waals surface area contributed by atoms with E-state index in [4.69, 9.17) is 0 Å². The number of hydrogen-bond donors (Lipinski definition) is 1. The first-order valence-electron chi connectivity index (χ1n) is 3.38. The molecule has 0 aliphatic carbocycles. The lowest BCUT2D eigenvalue weighted by Crippen LogP contribution is -2.40. The average molecular weight is 147 g/mol. The molecule has 0 amide bonds. The fraction of sp³-hybridized carbons (Fsp3) is 0.714. The van der Waals surface area contributed by atoms with Gasteiger partial charge in [-0.2, -0.15) is 0 Å². The molecule has 1 atom stereocenters. The average Bonchev–Trinajstić information content (AvgIpc) is 1.88. The molecule has 0 aromatic carbocycles. The van der Waals surface area contributed by atoms with Crippen molar-refractivity contribution in [3.63, 3.8) is 0 Å². The lowest BCUT2D eigenvalue weighted by atomic mass is 10.0. The molecule has 1 unspecified atom stereocenters. The molecule has 1 aliphatic heterocycles. The van der Waals surface area contributed by atoms with E-state index in [1.54, 1.807) is 0 Å². The first-order chi connectivity index (χ1) is 4.70. The van der Waals surface area contributed by atoms with Gasteiger partial charge >= 0.3 is 0 Å². The van der Waals surface area contributed by atoms with Crippen LogP contribution in [0.3, 0.4) is 0 Å². The third-order valence-electron chi connectivity index (χ3n) is 1.73. The second-order valence-corrected chi connectivity index (χ2v) is 2.61. The van der Waals surface area contributed by atoms with Crippen molar-refractivity contribution in [3.05, 3.63) is 12.2 Å². The van der Waals surface area contributed by atoms with Crippen molar-refractivity contribution in [1.82, 2.24) is 5.32 Å². The minimum Gasteiger partial charge on any atom is -0.305 e. The first kappa shape index (κ1) is 7.66. The van der Waals surface area contributed by atoms with E-state index in [-0.39, 0.29) is 0 Å². The van der Waals surface area contributed by atoms with Crippen LogP contribution in [0, 0.1) is 0 Å². The van der Waals surface area contributed by atoms with Crippen LogP contribution in [-0.4, -0.2) is 19.0 Å². The Morgan fingerprint density at radius 2 is 2.30 bits per heavy atom. The molecule has 0 aromatic rings. The Bertz CT molecular complexity index is 124. The lowest BCUT2D eigenvalue weighted by molar-refractivity contribution is 0.0909. The van der Waals surface area contributed by atoms with Crippen LogP contribution < -0.4 is 5.32 Å². The summed E-state index contributed by atoms with van der Waals surface area (Å²) in [6.45, 7) is 4.25. The normalized spacial score (nSPS) is 27.5. The van der Waals surface area contributed by atoms with E-state index in [0.29, 0.717) is 13.0 Å². The van der Waals surface area contributed by atoms with Crippen molar-refractivity contribution in [3.8, 4) is 0 Å². The number of piperidine rings is 1. The summed E-state index contributed by atoms with van der Waals surface area (Å²) in [6, 6.07) is -0.606. The maximum atomic E-state index is 12.0. The number of nitrogens with one attached hydrogen (secondary N) is 1. The molecule has 0 aromatic heterocycles. The highest BCUT2D eigenvalue weighted by Crippen LogP contribution is 2.15. The number of rotatable bonds is 1. The molecular formula is C7H11F2N. The molecule has 1 rings (SSSR count). The minimum atomic E-state index is -2.23. The Kier molecular flexibility index (Phi) is 2.38. The standard InChI is InChI=1S/C7H11F2N/c1-5-2-3-6(7(8)9)10-4-5/h6-7,10H,1-4H2. The molecule has 58 valence electrons. The van der Waals surface area contributed by atoms with Gasteiger partial charge in [0.2, 0.25) is 0 Å². The van der Waals surface area contributed by atoms with Crippen LogP contribution in [0.2, 0.25) is 0 Å². The van der Waals surface area contributed by atoms with Gasteiger partial charge in [0.15, 0.2) is 0 Å². The van der Waals surface area contributed by atoms with Gasteiger partial charge in [-0.1, -0.05) is 12.2 Å². The third-order valence-corrected chi connectivity index (χ3v) is 1.73. The monoisotopic (exact) mass is 147 g/mol. The molecule has 0 saturated carbocycles. The molecule has 1 aliphatic rings. The van der Waals surface area contributed by atoms with Crippen molar-refractivity contribution in [2.45, 2.75) is 25.3 Å². The van der Waals surface area contributed by atoms with E-state index in [2.05, 4.69) is 11.9 Å². The van der Waals surface area contributed by atoms with E-state index in [1.807, 2.05) is 0 Å². The molecular weight excluding hydrogens is 136 g/mol. The summed E-state index contributed by atoms with van der Waals surface area (Å²) in [5.74, 6) is 0. The summed E-state index contributed by atoms with van der Waals surface area (Å²) in [5.41, 5.74) is 1.02. The molecule has 1 N–H and O–H groups in total. The second kappa shape index (κ2) is 3.10. The Morgan fingerprint density at radius 3 is 2.70 bits per heavy atom. The maximum Gasteiger partial charge on any atom is 0.253 e. The second-order valence-electron chi connectivity index (χ2n) is 2.61. The molecule has 0 bridgehead atoms. The van der Waals surface area contributed by atoms with Crippen LogP contribution in [0.25, 0.3) is 0 Å². The molecule has 3 heteroatoms. The smallest absolute Gasteiger partial charge is 0.253 e. The summed E-state index contributed by atoms with van der Waals surface area (Å²) < 4.78 is 23.9. The van der Waals surface area contributed by atoms with Gasteiger partial charge in [0.05, 0.1) is 6.04 Å². The van der Waals surface area contributed by atoms with E-state index < -0.39 is 12.5 Å². The van der Waals surface area contributed by atoms with Gasteiger partial charge in [-0.25, -0.2) is 8.78 Å². The Balaban J connectivity index is 2.33. The molecule has 1 fully saturated rings. The molecule has 1 saturated heterocycles. The molecule has 0 radical (unpaired) electrons. The summed E-state index contributed by atoms with van der Waals surface area (Å²) in [4.78, 5) is 0. The molecule has 0 spiro atoms. The summed E-state index contributed by atoms with van der Waals surface area (Å²) in [6.07, 6.45) is -0.966. The minimum absolute atomic E-state index is 0.524. The van der Waals surface area contributed by atoms with Crippen LogP contribution in [-0.2, 0) is 0 Å². The van der Waals surface area contributed by atoms with E-state index in [9.17, 15) is 8.78 Å². The lowest BCUT2D eigenvalue weighted by Gasteiger charge is -2.23. The topological polar surface area (TPSA) is 12.0 Å². The van der Waals surface area contributed by atoms with E-state index in [1.165, 1.54) is 0 Å². The Hall–Kier alpha value is -0.440. The van der Waals surface area contributed by atoms with Gasteiger partial charge in [0.1, 0.15) is 0 Å². The Morgan fingerprint density at radius 1 is 1.60 bits per heavy atom. The zero-order chi connectivity index (χ0) is 7.56. The van der Waals surface area contributed by atoms with Gasteiger partial charge in [-0.3, -0.25) is 0 Å². The predicted octanol–water partition coefficient (Wildman–Crippen LogP) is 1.56. The number of hydrogen-bond acceptors (Lipinski definition) is 1. The van der Waals surface area contributed by atoms with Crippen molar-refractivity contribution < 1.29 is 8.78 Å². The van der Waals surface area contributed by atoms with Crippen LogP contribution in [0.1, 0.15) is 12.8 Å². The zero-order valence-corrected chi connectivity index (χ0v) is 5.74. The fourth-order valence-electron chi connectivity index (χ4n) is 1.04. The van der Waals surface area contributed by atoms with Gasteiger partial charge in [0, 0.05) is 6.54 Å². The number of alkyl halides is 2. The highest BCUT2D eigenvalue weighted by atomic mass is 19.3. The van der Waals surface area contributed by atoms with Crippen molar-refractivity contribution in [2.75, 3.05) is 6.54 Å². The summed E-state index contributed by atoms with van der Waals surface area (Å²) in [5, 5.41) is 2.72. The molecule has 1 heterocycles. The van der Waals surface area contributed by atoms with Crippen LogP contribution in [0.15, 0.2) is 12.2 Å². The zero-order valence-electron chi connectivity index (χ0n) is 5.74. The van der Waals surface area contributed by atoms with E-state index >= 15 is 0 Å². The quantitative estimate of drug-likeness (QED) is 0.555. The highest BCUT2D eigenvalue weighted by Gasteiger charge is 2.22. The van der Waals surface area contributed by atoms with Gasteiger partial charge in [0.25, 0.3) is 6.43 Å². The predicted molar refractivity (Wildman–Crippen MR) is 36.2 cm³/mol. The highest BCUT2D eigenvalue weighted by molar-refractivity contribution is 5.02. The fourth-order valence-corrected chi connectivity index (χ4v) is 1.04. The van der Waals surface area contributed by atoms with Crippen LogP contribution in [0.4, 0.5) is 8.78 Å². The molecule has 10 heavy (non-hydrogen) atoms. The van der Waals surface area contributed by atoms with Gasteiger partial charge in [-0.05, 0) is 12.8 Å². The van der Waals surface area contributed by atoms with Crippen LogP contribution >= 0.6 is 0 Å².